The maximum Gasteiger partial charge on any atom is 0.325 e. The first-order valence-electron chi connectivity index (χ1n) is 6.21. The summed E-state index contributed by atoms with van der Waals surface area (Å²) in [5.74, 6) is -0.218. The summed E-state index contributed by atoms with van der Waals surface area (Å²) < 4.78 is 10.4. The Hall–Kier alpha value is -2.28. The number of aliphatic carboxylic acids is 1. The first-order valence-corrected chi connectivity index (χ1v) is 6.21. The van der Waals surface area contributed by atoms with Gasteiger partial charge in [0.15, 0.2) is 11.5 Å². The molecule has 20 heavy (non-hydrogen) atoms. The molecule has 1 aromatic carbocycles. The number of hydrogen-bond donors (Lipinski definition) is 2. The molecule has 2 aliphatic rings. The highest BCUT2D eigenvalue weighted by Gasteiger charge is 2.43. The number of ether oxygens (including phenoxy) is 2. The maximum absolute atomic E-state index is 12.3. The summed E-state index contributed by atoms with van der Waals surface area (Å²) in [6.07, 6.45) is 0.249. The number of nitrogens with zero attached hydrogens (tertiary/aromatic N) is 1. The summed E-state index contributed by atoms with van der Waals surface area (Å²) in [6.45, 7) is 0.479. The number of likely N-dealkylation sites (tertiary alicyclic amines) is 1. The average Bonchev–Trinajstić information content (AvgIpc) is 3.04. The van der Waals surface area contributed by atoms with E-state index in [0.29, 0.717) is 23.6 Å². The van der Waals surface area contributed by atoms with Gasteiger partial charge in [0.25, 0.3) is 5.91 Å². The second-order valence-electron chi connectivity index (χ2n) is 5.01. The third-order valence-corrected chi connectivity index (χ3v) is 3.63. The van der Waals surface area contributed by atoms with Crippen LogP contribution in [0.25, 0.3) is 0 Å². The number of fused-ring (bicyclic) bond motifs is 1. The van der Waals surface area contributed by atoms with E-state index in [-0.39, 0.29) is 25.7 Å². The van der Waals surface area contributed by atoms with E-state index < -0.39 is 11.5 Å². The number of amides is 1. The summed E-state index contributed by atoms with van der Waals surface area (Å²) in [6, 6.07) is 4.90. The van der Waals surface area contributed by atoms with Crippen molar-refractivity contribution in [3.8, 4) is 11.5 Å². The van der Waals surface area contributed by atoms with Gasteiger partial charge in [-0.15, -0.1) is 0 Å². The lowest BCUT2D eigenvalue weighted by atomic mass is 10.0. The molecule has 1 amide bonds. The number of nitrogens with two attached hydrogens (primary N) is 1. The van der Waals surface area contributed by atoms with Gasteiger partial charge in [-0.25, -0.2) is 0 Å². The molecule has 106 valence electrons. The SMILES string of the molecule is NC1(C(=O)O)CCN(C(=O)c2ccc3c(c2)OCO3)C1. The highest BCUT2D eigenvalue weighted by Crippen LogP contribution is 2.33. The topological polar surface area (TPSA) is 102 Å². The number of carboxylic acid groups (broad SMARTS) is 1. The van der Waals surface area contributed by atoms with Crippen molar-refractivity contribution in [2.45, 2.75) is 12.0 Å². The van der Waals surface area contributed by atoms with Gasteiger partial charge in [-0.05, 0) is 24.6 Å². The molecule has 1 aromatic rings. The molecule has 0 aliphatic carbocycles. The Labute approximate surface area is 114 Å². The molecule has 1 atom stereocenters. The number of carbonyl (C=O) groups excluding carboxylic acids is 1. The summed E-state index contributed by atoms with van der Waals surface area (Å²) in [5, 5.41) is 9.07. The highest BCUT2D eigenvalue weighted by molar-refractivity contribution is 5.96. The lowest BCUT2D eigenvalue weighted by Gasteiger charge is -2.20. The van der Waals surface area contributed by atoms with Crippen molar-refractivity contribution in [2.75, 3.05) is 19.9 Å². The lowest BCUT2D eigenvalue weighted by molar-refractivity contribution is -0.142. The monoisotopic (exact) mass is 278 g/mol. The zero-order chi connectivity index (χ0) is 14.3. The molecular formula is C13H14N2O5. The standard InChI is InChI=1S/C13H14N2O5/c14-13(12(17)18)3-4-15(6-13)11(16)8-1-2-9-10(5-8)20-7-19-9/h1-2,5H,3-4,6-7,14H2,(H,17,18). The third-order valence-electron chi connectivity index (χ3n) is 3.63. The zero-order valence-corrected chi connectivity index (χ0v) is 10.7. The minimum atomic E-state index is -1.36. The van der Waals surface area contributed by atoms with Gasteiger partial charge < -0.3 is 25.2 Å². The Balaban J connectivity index is 1.79. The Morgan fingerprint density at radius 1 is 1.30 bits per heavy atom. The number of hydrogen-bond acceptors (Lipinski definition) is 5. The van der Waals surface area contributed by atoms with Gasteiger partial charge in [0.1, 0.15) is 5.54 Å². The summed E-state index contributed by atoms with van der Waals surface area (Å²) in [5.41, 5.74) is 4.84. The van der Waals surface area contributed by atoms with Crippen LogP contribution in [0.15, 0.2) is 18.2 Å². The number of carboxylic acids is 1. The van der Waals surface area contributed by atoms with Crippen molar-refractivity contribution in [1.29, 1.82) is 0 Å². The van der Waals surface area contributed by atoms with Crippen molar-refractivity contribution in [1.82, 2.24) is 4.90 Å². The second kappa shape index (κ2) is 4.38. The molecule has 1 saturated heterocycles. The van der Waals surface area contributed by atoms with Crippen molar-refractivity contribution < 1.29 is 24.2 Å². The predicted molar refractivity (Wildman–Crippen MR) is 67.6 cm³/mol. The molecule has 7 heteroatoms. The lowest BCUT2D eigenvalue weighted by Crippen LogP contribution is -2.50. The molecule has 3 N–H and O–H groups in total. The van der Waals surface area contributed by atoms with Crippen LogP contribution >= 0.6 is 0 Å². The molecule has 0 spiro atoms. The van der Waals surface area contributed by atoms with Gasteiger partial charge in [0.2, 0.25) is 6.79 Å². The van der Waals surface area contributed by atoms with Crippen LogP contribution in [0.1, 0.15) is 16.8 Å². The van der Waals surface area contributed by atoms with Crippen LogP contribution in [0.5, 0.6) is 11.5 Å². The minimum Gasteiger partial charge on any atom is -0.480 e. The second-order valence-corrected chi connectivity index (χ2v) is 5.01. The molecule has 2 heterocycles. The first kappa shape index (κ1) is 12.7. The van der Waals surface area contributed by atoms with Gasteiger partial charge in [0.05, 0.1) is 0 Å². The van der Waals surface area contributed by atoms with Crippen LogP contribution in [0, 0.1) is 0 Å². The predicted octanol–water partition coefficient (Wildman–Crippen LogP) is 0.0433. The van der Waals surface area contributed by atoms with Crippen LogP contribution < -0.4 is 15.2 Å². The summed E-state index contributed by atoms with van der Waals surface area (Å²) >= 11 is 0. The van der Waals surface area contributed by atoms with Crippen molar-refractivity contribution in [3.05, 3.63) is 23.8 Å². The molecule has 2 aliphatic heterocycles. The summed E-state index contributed by atoms with van der Waals surface area (Å²) in [7, 11) is 0. The minimum absolute atomic E-state index is 0.00953. The number of benzene rings is 1. The third kappa shape index (κ3) is 1.96. The van der Waals surface area contributed by atoms with Crippen LogP contribution in [0.2, 0.25) is 0 Å². The van der Waals surface area contributed by atoms with Gasteiger partial charge in [-0.3, -0.25) is 9.59 Å². The number of rotatable bonds is 2. The molecular weight excluding hydrogens is 264 g/mol. The molecule has 0 radical (unpaired) electrons. The fourth-order valence-corrected chi connectivity index (χ4v) is 2.39. The van der Waals surface area contributed by atoms with Crippen LogP contribution in [-0.2, 0) is 4.79 Å². The van der Waals surface area contributed by atoms with E-state index in [4.69, 9.17) is 20.3 Å². The quantitative estimate of drug-likeness (QED) is 0.792. The van der Waals surface area contributed by atoms with E-state index >= 15 is 0 Å². The Bertz CT molecular complexity index is 588. The molecule has 1 fully saturated rings. The number of carbonyl (C=O) groups is 2. The fraction of sp³-hybridized carbons (Fsp3) is 0.385. The molecule has 0 bridgehead atoms. The van der Waals surface area contributed by atoms with Crippen LogP contribution in [0.4, 0.5) is 0 Å². The maximum atomic E-state index is 12.3. The van der Waals surface area contributed by atoms with E-state index in [2.05, 4.69) is 0 Å². The molecule has 3 rings (SSSR count). The van der Waals surface area contributed by atoms with E-state index in [9.17, 15) is 9.59 Å². The van der Waals surface area contributed by atoms with E-state index in [1.54, 1.807) is 18.2 Å². The van der Waals surface area contributed by atoms with Crippen molar-refractivity contribution >= 4 is 11.9 Å². The van der Waals surface area contributed by atoms with Crippen molar-refractivity contribution in [3.63, 3.8) is 0 Å². The Kier molecular flexibility index (Phi) is 2.79. The van der Waals surface area contributed by atoms with Gasteiger partial charge >= 0.3 is 5.97 Å². The van der Waals surface area contributed by atoms with Crippen molar-refractivity contribution in [2.24, 2.45) is 5.73 Å². The smallest absolute Gasteiger partial charge is 0.325 e. The Morgan fingerprint density at radius 3 is 2.75 bits per heavy atom. The van der Waals surface area contributed by atoms with E-state index in [1.165, 1.54) is 4.90 Å². The summed E-state index contributed by atoms with van der Waals surface area (Å²) in [4.78, 5) is 24.9. The molecule has 7 nitrogen and oxygen atoms in total. The molecule has 0 aromatic heterocycles. The van der Waals surface area contributed by atoms with Gasteiger partial charge in [-0.1, -0.05) is 0 Å². The van der Waals surface area contributed by atoms with Crippen LogP contribution in [0.3, 0.4) is 0 Å². The van der Waals surface area contributed by atoms with Crippen LogP contribution in [-0.4, -0.2) is 47.3 Å². The Morgan fingerprint density at radius 2 is 2.05 bits per heavy atom. The molecule has 0 saturated carbocycles. The van der Waals surface area contributed by atoms with Gasteiger partial charge in [0, 0.05) is 18.7 Å². The first-order chi connectivity index (χ1) is 9.49. The zero-order valence-electron chi connectivity index (χ0n) is 10.7. The fourth-order valence-electron chi connectivity index (χ4n) is 2.39. The largest absolute Gasteiger partial charge is 0.480 e. The normalized spacial score (nSPS) is 23.9. The molecule has 1 unspecified atom stereocenters. The van der Waals surface area contributed by atoms with E-state index in [0.717, 1.165) is 0 Å². The average molecular weight is 278 g/mol. The highest BCUT2D eigenvalue weighted by atomic mass is 16.7. The van der Waals surface area contributed by atoms with Gasteiger partial charge in [-0.2, -0.15) is 0 Å². The van der Waals surface area contributed by atoms with E-state index in [1.807, 2.05) is 0 Å².